The SMILES string of the molecule is CC1CN(Cc2cccc(Nc3nc(-c4cccc(NC(=O)c5ccc(C(C)(C)C)cc5)c4)cn4ccnc34)c2)CC(C)N1. The van der Waals surface area contributed by atoms with Crippen LogP contribution in [0.5, 0.6) is 0 Å². The van der Waals surface area contributed by atoms with Crippen LogP contribution >= 0.6 is 0 Å². The maximum atomic E-state index is 13.1. The number of fused-ring (bicyclic) bond motifs is 1. The van der Waals surface area contributed by atoms with Crippen LogP contribution in [0.3, 0.4) is 0 Å². The number of anilines is 3. The van der Waals surface area contributed by atoms with E-state index in [4.69, 9.17) is 4.98 Å². The summed E-state index contributed by atoms with van der Waals surface area (Å²) in [5.41, 5.74) is 7.17. The highest BCUT2D eigenvalue weighted by Gasteiger charge is 2.21. The van der Waals surface area contributed by atoms with E-state index in [1.54, 1.807) is 6.20 Å². The van der Waals surface area contributed by atoms with Gasteiger partial charge in [0.05, 0.1) is 5.69 Å². The predicted molar refractivity (Wildman–Crippen MR) is 179 cm³/mol. The number of imidazole rings is 1. The van der Waals surface area contributed by atoms with Crippen LogP contribution in [0.25, 0.3) is 16.9 Å². The number of aromatic nitrogens is 3. The Balaban J connectivity index is 1.21. The van der Waals surface area contributed by atoms with Gasteiger partial charge >= 0.3 is 0 Å². The molecule has 8 nitrogen and oxygen atoms in total. The second-order valence-electron chi connectivity index (χ2n) is 13.0. The molecular weight excluding hydrogens is 546 g/mol. The third kappa shape index (κ3) is 6.82. The second kappa shape index (κ2) is 12.2. The van der Waals surface area contributed by atoms with Crippen LogP contribution in [0.15, 0.2) is 91.4 Å². The molecule has 1 fully saturated rings. The van der Waals surface area contributed by atoms with E-state index in [2.05, 4.69) is 84.7 Å². The van der Waals surface area contributed by atoms with Gasteiger partial charge in [-0.05, 0) is 66.8 Å². The Morgan fingerprint density at radius 1 is 0.955 bits per heavy atom. The number of nitrogens with zero attached hydrogens (tertiary/aromatic N) is 4. The summed E-state index contributed by atoms with van der Waals surface area (Å²) in [7, 11) is 0. The summed E-state index contributed by atoms with van der Waals surface area (Å²) in [6, 6.07) is 25.0. The third-order valence-corrected chi connectivity index (χ3v) is 8.03. The largest absolute Gasteiger partial charge is 0.337 e. The monoisotopic (exact) mass is 587 g/mol. The van der Waals surface area contributed by atoms with E-state index in [0.29, 0.717) is 29.2 Å². The first kappa shape index (κ1) is 29.5. The van der Waals surface area contributed by atoms with Crippen LogP contribution in [0, 0.1) is 0 Å². The molecule has 0 saturated carbocycles. The summed E-state index contributed by atoms with van der Waals surface area (Å²) in [5, 5.41) is 10.2. The highest BCUT2D eigenvalue weighted by molar-refractivity contribution is 6.04. The summed E-state index contributed by atoms with van der Waals surface area (Å²) >= 11 is 0. The fourth-order valence-corrected chi connectivity index (χ4v) is 5.95. The van der Waals surface area contributed by atoms with Gasteiger partial charge in [0.25, 0.3) is 5.91 Å². The maximum Gasteiger partial charge on any atom is 0.255 e. The Morgan fingerprint density at radius 3 is 2.43 bits per heavy atom. The molecule has 1 aliphatic rings. The molecule has 2 unspecified atom stereocenters. The minimum absolute atomic E-state index is 0.0336. The van der Waals surface area contributed by atoms with Gasteiger partial charge in [0.15, 0.2) is 11.5 Å². The van der Waals surface area contributed by atoms with Crippen molar-refractivity contribution in [3.05, 3.63) is 108 Å². The molecule has 2 aromatic heterocycles. The molecule has 0 aliphatic carbocycles. The summed E-state index contributed by atoms with van der Waals surface area (Å²) in [5.74, 6) is 0.523. The number of amides is 1. The van der Waals surface area contributed by atoms with Crippen molar-refractivity contribution in [2.75, 3.05) is 23.7 Å². The van der Waals surface area contributed by atoms with Crippen molar-refractivity contribution in [1.29, 1.82) is 0 Å². The fourth-order valence-electron chi connectivity index (χ4n) is 5.95. The molecule has 5 aromatic rings. The lowest BCUT2D eigenvalue weighted by atomic mass is 9.87. The summed E-state index contributed by atoms with van der Waals surface area (Å²) in [6.45, 7) is 13.9. The average molecular weight is 588 g/mol. The molecule has 6 rings (SSSR count). The van der Waals surface area contributed by atoms with Gasteiger partial charge in [0.2, 0.25) is 0 Å². The molecule has 0 radical (unpaired) electrons. The number of hydrogen-bond acceptors (Lipinski definition) is 6. The van der Waals surface area contributed by atoms with E-state index in [1.165, 1.54) is 11.1 Å². The summed E-state index contributed by atoms with van der Waals surface area (Å²) < 4.78 is 1.97. The van der Waals surface area contributed by atoms with E-state index >= 15 is 0 Å². The van der Waals surface area contributed by atoms with Crippen molar-refractivity contribution in [2.45, 2.75) is 58.7 Å². The molecule has 3 heterocycles. The van der Waals surface area contributed by atoms with Crippen molar-refractivity contribution in [2.24, 2.45) is 0 Å². The first-order chi connectivity index (χ1) is 21.1. The van der Waals surface area contributed by atoms with Crippen LogP contribution in [-0.4, -0.2) is 50.3 Å². The number of piperazine rings is 1. The smallest absolute Gasteiger partial charge is 0.255 e. The fraction of sp³-hybridized carbons (Fsp3) is 0.306. The number of benzene rings is 3. The van der Waals surface area contributed by atoms with Gasteiger partial charge in [-0.25, -0.2) is 9.97 Å². The average Bonchev–Trinajstić information content (AvgIpc) is 3.46. The number of carbonyl (C=O) groups excluding carboxylic acids is 1. The standard InChI is InChI=1S/C36H41N7O/c1-24-20-42(21-25(2)38-24)22-26-8-6-10-30(18-26)39-33-34-37-16-17-43(34)23-32(41-33)28-9-7-11-31(19-28)40-35(44)27-12-14-29(15-13-27)36(3,4)5/h6-19,23-25,38H,20-22H2,1-5H3,(H,39,41)(H,40,44). The minimum Gasteiger partial charge on any atom is -0.337 e. The minimum atomic E-state index is -0.146. The molecule has 0 bridgehead atoms. The molecule has 3 N–H and O–H groups in total. The van der Waals surface area contributed by atoms with Crippen LogP contribution in [0.4, 0.5) is 17.2 Å². The van der Waals surface area contributed by atoms with Crippen molar-refractivity contribution in [3.8, 4) is 11.3 Å². The van der Waals surface area contributed by atoms with Crippen LogP contribution in [0.2, 0.25) is 0 Å². The molecule has 1 aliphatic heterocycles. The van der Waals surface area contributed by atoms with Gasteiger partial charge in [0, 0.05) is 72.8 Å². The van der Waals surface area contributed by atoms with Gasteiger partial charge in [0.1, 0.15) is 0 Å². The van der Waals surface area contributed by atoms with Gasteiger partial charge in [-0.1, -0.05) is 57.2 Å². The molecule has 8 heteroatoms. The van der Waals surface area contributed by atoms with E-state index in [1.807, 2.05) is 65.3 Å². The number of rotatable bonds is 7. The lowest BCUT2D eigenvalue weighted by molar-refractivity contribution is 0.102. The zero-order chi connectivity index (χ0) is 30.8. The summed E-state index contributed by atoms with van der Waals surface area (Å²) in [6.07, 6.45) is 5.65. The summed E-state index contributed by atoms with van der Waals surface area (Å²) in [4.78, 5) is 25.1. The Morgan fingerprint density at radius 2 is 1.68 bits per heavy atom. The molecular formula is C36H41N7O. The van der Waals surface area contributed by atoms with Crippen LogP contribution in [0.1, 0.15) is 56.1 Å². The Kier molecular flexibility index (Phi) is 8.21. The van der Waals surface area contributed by atoms with Gasteiger partial charge < -0.3 is 20.4 Å². The van der Waals surface area contributed by atoms with Crippen molar-refractivity contribution in [1.82, 2.24) is 24.6 Å². The quantitative estimate of drug-likeness (QED) is 0.193. The highest BCUT2D eigenvalue weighted by atomic mass is 16.1. The molecule has 1 amide bonds. The first-order valence-electron chi connectivity index (χ1n) is 15.3. The lowest BCUT2D eigenvalue weighted by Gasteiger charge is -2.36. The van der Waals surface area contributed by atoms with E-state index in [-0.39, 0.29) is 11.3 Å². The molecule has 2 atom stereocenters. The molecule has 0 spiro atoms. The van der Waals surface area contributed by atoms with E-state index < -0.39 is 0 Å². The predicted octanol–water partition coefficient (Wildman–Crippen LogP) is 6.87. The van der Waals surface area contributed by atoms with E-state index in [0.717, 1.165) is 42.2 Å². The Bertz CT molecular complexity index is 1760. The molecule has 1 saturated heterocycles. The highest BCUT2D eigenvalue weighted by Crippen LogP contribution is 2.28. The van der Waals surface area contributed by atoms with Crippen molar-refractivity contribution >= 4 is 28.7 Å². The van der Waals surface area contributed by atoms with Crippen molar-refractivity contribution in [3.63, 3.8) is 0 Å². The zero-order valence-corrected chi connectivity index (χ0v) is 26.1. The lowest BCUT2D eigenvalue weighted by Crippen LogP contribution is -2.53. The van der Waals surface area contributed by atoms with Gasteiger partial charge in [-0.15, -0.1) is 0 Å². The topological polar surface area (TPSA) is 86.6 Å². The second-order valence-corrected chi connectivity index (χ2v) is 13.0. The van der Waals surface area contributed by atoms with Gasteiger partial charge in [-0.2, -0.15) is 0 Å². The normalized spacial score (nSPS) is 17.5. The number of nitrogens with one attached hydrogen (secondary N) is 3. The molecule has 3 aromatic carbocycles. The molecule has 44 heavy (non-hydrogen) atoms. The van der Waals surface area contributed by atoms with E-state index in [9.17, 15) is 4.79 Å². The number of hydrogen-bond donors (Lipinski definition) is 3. The van der Waals surface area contributed by atoms with Gasteiger partial charge in [-0.3, -0.25) is 9.69 Å². The van der Waals surface area contributed by atoms with Crippen LogP contribution < -0.4 is 16.0 Å². The first-order valence-corrected chi connectivity index (χ1v) is 15.3. The van der Waals surface area contributed by atoms with Crippen LogP contribution in [-0.2, 0) is 12.0 Å². The molecule has 226 valence electrons. The number of carbonyl (C=O) groups is 1. The van der Waals surface area contributed by atoms with Crippen molar-refractivity contribution < 1.29 is 4.79 Å². The third-order valence-electron chi connectivity index (χ3n) is 8.03. The Labute approximate surface area is 259 Å². The zero-order valence-electron chi connectivity index (χ0n) is 26.1. The Hall–Kier alpha value is -4.53. The maximum absolute atomic E-state index is 13.1.